The molecule has 3 heterocycles. The van der Waals surface area contributed by atoms with Gasteiger partial charge in [-0.3, -0.25) is 4.98 Å². The van der Waals surface area contributed by atoms with E-state index in [1.165, 1.54) is 18.2 Å². The minimum absolute atomic E-state index is 0.0559. The van der Waals surface area contributed by atoms with Crippen LogP contribution in [-0.2, 0) is 6.42 Å². The number of aromatic nitrogens is 3. The van der Waals surface area contributed by atoms with Crippen LogP contribution in [0.4, 0.5) is 4.39 Å². The highest BCUT2D eigenvalue weighted by atomic mass is 19.1. The van der Waals surface area contributed by atoms with E-state index in [2.05, 4.69) is 15.0 Å². The number of aromatic hydroxyl groups is 1. The Kier molecular flexibility index (Phi) is 3.46. The predicted octanol–water partition coefficient (Wildman–Crippen LogP) is 4.06. The van der Waals surface area contributed by atoms with Gasteiger partial charge in [-0.15, -0.1) is 0 Å². The highest BCUT2D eigenvalue weighted by Gasteiger charge is 2.11. The Morgan fingerprint density at radius 1 is 1.04 bits per heavy atom. The maximum Gasteiger partial charge on any atom is 0.137 e. The molecule has 0 bridgehead atoms. The van der Waals surface area contributed by atoms with Crippen LogP contribution in [0.5, 0.6) is 5.75 Å². The number of phenols is 1. The van der Waals surface area contributed by atoms with Crippen LogP contribution in [0.2, 0.25) is 0 Å². The van der Waals surface area contributed by atoms with Crippen molar-refractivity contribution in [1.82, 2.24) is 15.0 Å². The summed E-state index contributed by atoms with van der Waals surface area (Å²) < 4.78 is 14.0. The number of nitrogens with one attached hydrogen (secondary N) is 1. The molecular weight excluding hydrogens is 305 g/mol. The molecule has 24 heavy (non-hydrogen) atoms. The van der Waals surface area contributed by atoms with Crippen LogP contribution in [0.1, 0.15) is 11.1 Å². The van der Waals surface area contributed by atoms with Gasteiger partial charge in [0.05, 0.1) is 0 Å². The standard InChI is InChI=1S/C19H14FN3O/c20-18-4-3-16(24)7-13(18)6-15-11-23-19-17(15)8-14(10-22-19)12-2-1-5-21-9-12/h1-5,7-11,24H,6H2,(H,22,23). The van der Waals surface area contributed by atoms with E-state index >= 15 is 0 Å². The van der Waals surface area contributed by atoms with E-state index in [9.17, 15) is 9.50 Å². The minimum Gasteiger partial charge on any atom is -0.508 e. The Balaban J connectivity index is 1.77. The van der Waals surface area contributed by atoms with Crippen molar-refractivity contribution in [3.8, 4) is 16.9 Å². The van der Waals surface area contributed by atoms with Crippen LogP contribution in [0.25, 0.3) is 22.2 Å². The van der Waals surface area contributed by atoms with E-state index in [1.54, 1.807) is 18.6 Å². The summed E-state index contributed by atoms with van der Waals surface area (Å²) in [5, 5.41) is 10.5. The largest absolute Gasteiger partial charge is 0.508 e. The molecule has 0 aliphatic heterocycles. The van der Waals surface area contributed by atoms with Gasteiger partial charge in [0.2, 0.25) is 0 Å². The zero-order valence-corrected chi connectivity index (χ0v) is 12.7. The van der Waals surface area contributed by atoms with Gasteiger partial charge in [-0.2, -0.15) is 0 Å². The Labute approximate surface area is 137 Å². The van der Waals surface area contributed by atoms with Crippen LogP contribution < -0.4 is 0 Å². The number of H-pyrrole nitrogens is 1. The molecular formula is C19H14FN3O. The highest BCUT2D eigenvalue weighted by Crippen LogP contribution is 2.27. The molecule has 2 N–H and O–H groups in total. The molecule has 0 aliphatic rings. The first-order valence-corrected chi connectivity index (χ1v) is 7.54. The summed E-state index contributed by atoms with van der Waals surface area (Å²) in [4.78, 5) is 11.7. The maximum absolute atomic E-state index is 14.0. The van der Waals surface area contributed by atoms with Crippen molar-refractivity contribution >= 4 is 11.0 Å². The summed E-state index contributed by atoms with van der Waals surface area (Å²) in [7, 11) is 0. The molecule has 5 heteroatoms. The molecule has 4 aromatic rings. The molecule has 1 aromatic carbocycles. The van der Waals surface area contributed by atoms with Gasteiger partial charge < -0.3 is 10.1 Å². The molecule has 0 saturated heterocycles. The lowest BCUT2D eigenvalue weighted by Gasteiger charge is -2.05. The van der Waals surface area contributed by atoms with Gasteiger partial charge in [0.15, 0.2) is 0 Å². The van der Waals surface area contributed by atoms with Gasteiger partial charge in [-0.1, -0.05) is 6.07 Å². The first kappa shape index (κ1) is 14.4. The number of nitrogens with zero attached hydrogens (tertiary/aromatic N) is 2. The second-order valence-corrected chi connectivity index (χ2v) is 5.63. The van der Waals surface area contributed by atoms with E-state index < -0.39 is 0 Å². The summed E-state index contributed by atoms with van der Waals surface area (Å²) in [5.41, 5.74) is 4.05. The average molecular weight is 319 g/mol. The Morgan fingerprint density at radius 2 is 1.96 bits per heavy atom. The van der Waals surface area contributed by atoms with Crippen molar-refractivity contribution in [2.24, 2.45) is 0 Å². The third kappa shape index (κ3) is 2.60. The van der Waals surface area contributed by atoms with E-state index in [0.717, 1.165) is 27.7 Å². The Hall–Kier alpha value is -3.21. The molecule has 0 aliphatic carbocycles. The lowest BCUT2D eigenvalue weighted by molar-refractivity contribution is 0.471. The second kappa shape index (κ2) is 5.77. The first-order chi connectivity index (χ1) is 11.7. The van der Waals surface area contributed by atoms with Crippen molar-refractivity contribution < 1.29 is 9.50 Å². The fourth-order valence-electron chi connectivity index (χ4n) is 2.80. The molecule has 0 unspecified atom stereocenters. The molecule has 0 spiro atoms. The van der Waals surface area contributed by atoms with Crippen LogP contribution >= 0.6 is 0 Å². The van der Waals surface area contributed by atoms with Gasteiger partial charge in [-0.25, -0.2) is 9.37 Å². The monoisotopic (exact) mass is 319 g/mol. The summed E-state index contributed by atoms with van der Waals surface area (Å²) in [5.74, 6) is -0.279. The first-order valence-electron chi connectivity index (χ1n) is 7.54. The average Bonchev–Trinajstić information content (AvgIpc) is 3.01. The fourth-order valence-corrected chi connectivity index (χ4v) is 2.80. The van der Waals surface area contributed by atoms with Crippen molar-refractivity contribution in [2.75, 3.05) is 0 Å². The third-order valence-electron chi connectivity index (χ3n) is 4.02. The molecule has 3 aromatic heterocycles. The Morgan fingerprint density at radius 3 is 2.79 bits per heavy atom. The Bertz CT molecular complexity index is 1010. The number of hydrogen-bond acceptors (Lipinski definition) is 3. The van der Waals surface area contributed by atoms with Crippen LogP contribution in [0.15, 0.2) is 61.2 Å². The van der Waals surface area contributed by atoms with Gasteiger partial charge in [-0.05, 0) is 41.5 Å². The number of phenolic OH excluding ortho intramolecular Hbond substituents is 1. The quantitative estimate of drug-likeness (QED) is 0.598. The van der Waals surface area contributed by atoms with Crippen molar-refractivity contribution in [1.29, 1.82) is 0 Å². The fraction of sp³-hybridized carbons (Fsp3) is 0.0526. The molecule has 0 saturated carbocycles. The minimum atomic E-state index is -0.335. The molecule has 0 radical (unpaired) electrons. The SMILES string of the molecule is Oc1ccc(F)c(Cc2c[nH]c3ncc(-c4cccnc4)cc23)c1. The lowest BCUT2D eigenvalue weighted by atomic mass is 10.0. The van der Waals surface area contributed by atoms with E-state index in [0.29, 0.717) is 12.0 Å². The summed E-state index contributed by atoms with van der Waals surface area (Å²) >= 11 is 0. The number of benzene rings is 1. The number of hydrogen-bond donors (Lipinski definition) is 2. The predicted molar refractivity (Wildman–Crippen MR) is 90.2 cm³/mol. The van der Waals surface area contributed by atoms with Crippen LogP contribution in [-0.4, -0.2) is 20.1 Å². The van der Waals surface area contributed by atoms with E-state index in [1.807, 2.05) is 24.4 Å². The maximum atomic E-state index is 14.0. The number of rotatable bonds is 3. The lowest BCUT2D eigenvalue weighted by Crippen LogP contribution is -1.92. The number of pyridine rings is 2. The normalized spacial score (nSPS) is 11.0. The van der Waals surface area contributed by atoms with Gasteiger partial charge in [0.1, 0.15) is 17.2 Å². The molecule has 0 fully saturated rings. The van der Waals surface area contributed by atoms with Gasteiger partial charge >= 0.3 is 0 Å². The zero-order valence-electron chi connectivity index (χ0n) is 12.7. The summed E-state index contributed by atoms with van der Waals surface area (Å²) in [6, 6.07) is 9.93. The van der Waals surface area contributed by atoms with Crippen molar-refractivity contribution in [3.63, 3.8) is 0 Å². The number of halogens is 1. The molecule has 0 atom stereocenters. The van der Waals surface area contributed by atoms with Crippen LogP contribution in [0.3, 0.4) is 0 Å². The van der Waals surface area contributed by atoms with Gasteiger partial charge in [0, 0.05) is 47.7 Å². The van der Waals surface area contributed by atoms with E-state index in [4.69, 9.17) is 0 Å². The van der Waals surface area contributed by atoms with Crippen LogP contribution in [0, 0.1) is 5.82 Å². The van der Waals surface area contributed by atoms with Crippen molar-refractivity contribution in [2.45, 2.75) is 6.42 Å². The molecule has 4 rings (SSSR count). The smallest absolute Gasteiger partial charge is 0.137 e. The number of fused-ring (bicyclic) bond motifs is 1. The topological polar surface area (TPSA) is 61.8 Å². The number of aromatic amines is 1. The highest BCUT2D eigenvalue weighted by molar-refractivity contribution is 5.84. The third-order valence-corrected chi connectivity index (χ3v) is 4.02. The summed E-state index contributed by atoms with van der Waals surface area (Å²) in [6.07, 6.45) is 7.49. The molecule has 118 valence electrons. The van der Waals surface area contributed by atoms with Crippen molar-refractivity contribution in [3.05, 3.63) is 78.1 Å². The zero-order chi connectivity index (χ0) is 16.5. The second-order valence-electron chi connectivity index (χ2n) is 5.63. The molecule has 4 nitrogen and oxygen atoms in total. The van der Waals surface area contributed by atoms with E-state index in [-0.39, 0.29) is 11.6 Å². The van der Waals surface area contributed by atoms with Gasteiger partial charge in [0.25, 0.3) is 0 Å². The summed E-state index contributed by atoms with van der Waals surface area (Å²) in [6.45, 7) is 0. The molecule has 0 amide bonds.